The third-order valence-corrected chi connectivity index (χ3v) is 5.38. The Morgan fingerprint density at radius 2 is 1.47 bits per heavy atom. The maximum Gasteiger partial charge on any atom is 0.328 e. The molecule has 206 valence electrons. The molecule has 0 radical (unpaired) electrons. The fourth-order valence-corrected chi connectivity index (χ4v) is 3.43. The smallest absolute Gasteiger partial charge is 0.328 e. The molecule has 1 fully saturated rings. The lowest BCUT2D eigenvalue weighted by Crippen LogP contribution is -2.66. The summed E-state index contributed by atoms with van der Waals surface area (Å²) < 4.78 is 15.7. The summed E-state index contributed by atoms with van der Waals surface area (Å²) in [6, 6.07) is -4.73. The van der Waals surface area contributed by atoms with Crippen molar-refractivity contribution in [1.29, 1.82) is 0 Å². The normalized spacial score (nSPS) is 27.0. The largest absolute Gasteiger partial charge is 0.467 e. The first-order chi connectivity index (χ1) is 16.7. The van der Waals surface area contributed by atoms with E-state index in [2.05, 4.69) is 26.0 Å². The van der Waals surface area contributed by atoms with Gasteiger partial charge in [0.15, 0.2) is 6.29 Å². The lowest BCUT2D eigenvalue weighted by atomic mass is 9.96. The van der Waals surface area contributed by atoms with Gasteiger partial charge in [0.2, 0.25) is 23.6 Å². The van der Waals surface area contributed by atoms with Gasteiger partial charge in [-0.05, 0) is 20.8 Å². The zero-order valence-electron chi connectivity index (χ0n) is 21.0. The number of carbonyl (C=O) groups excluding carboxylic acids is 5. The second kappa shape index (κ2) is 14.0. The van der Waals surface area contributed by atoms with E-state index in [-0.39, 0.29) is 0 Å². The fourth-order valence-electron chi connectivity index (χ4n) is 3.43. The first kappa shape index (κ1) is 31.2. The number of ether oxygens (including phenoxy) is 3. The van der Waals surface area contributed by atoms with Crippen molar-refractivity contribution in [3.63, 3.8) is 0 Å². The minimum absolute atomic E-state index is 0.573. The van der Waals surface area contributed by atoms with Crippen LogP contribution in [0.25, 0.3) is 0 Å². The number of carbonyl (C=O) groups is 5. The molecule has 1 aliphatic heterocycles. The fraction of sp³-hybridized carbons (Fsp3) is 0.762. The molecule has 1 rings (SSSR count). The van der Waals surface area contributed by atoms with Gasteiger partial charge < -0.3 is 50.8 Å². The average molecular weight is 521 g/mol. The number of methoxy groups -OCH3 is 1. The predicted molar refractivity (Wildman–Crippen MR) is 121 cm³/mol. The van der Waals surface area contributed by atoms with Gasteiger partial charge in [-0.25, -0.2) is 4.79 Å². The van der Waals surface area contributed by atoms with Crippen molar-refractivity contribution in [2.45, 2.75) is 89.5 Å². The van der Waals surface area contributed by atoms with Crippen LogP contribution in [0.15, 0.2) is 0 Å². The number of hydrogen-bond donors (Lipinski definition) is 7. The lowest BCUT2D eigenvalue weighted by molar-refractivity contribution is -0.281. The Kier molecular flexibility index (Phi) is 12.2. The molecule has 0 aromatic heterocycles. The van der Waals surface area contributed by atoms with Crippen molar-refractivity contribution in [2.75, 3.05) is 13.7 Å². The molecule has 9 atom stereocenters. The summed E-state index contributed by atoms with van der Waals surface area (Å²) >= 11 is 0. The number of aliphatic hydroxyl groups is 3. The third kappa shape index (κ3) is 8.67. The van der Waals surface area contributed by atoms with Gasteiger partial charge in [0, 0.05) is 13.8 Å². The van der Waals surface area contributed by atoms with Crippen LogP contribution in [-0.2, 0) is 38.2 Å². The molecule has 15 nitrogen and oxygen atoms in total. The Labute approximate surface area is 208 Å². The van der Waals surface area contributed by atoms with E-state index in [0.29, 0.717) is 0 Å². The highest BCUT2D eigenvalue weighted by molar-refractivity contribution is 5.93. The number of nitrogens with one attached hydrogen (secondary N) is 4. The molecule has 0 saturated carbocycles. The van der Waals surface area contributed by atoms with Crippen molar-refractivity contribution in [3.05, 3.63) is 0 Å². The minimum atomic E-state index is -1.58. The number of aliphatic hydroxyl groups excluding tert-OH is 3. The average Bonchev–Trinajstić information content (AvgIpc) is 2.80. The Morgan fingerprint density at radius 1 is 0.889 bits per heavy atom. The van der Waals surface area contributed by atoms with Gasteiger partial charge in [0.25, 0.3) is 0 Å². The molecule has 0 aromatic rings. The van der Waals surface area contributed by atoms with Crippen LogP contribution < -0.4 is 21.3 Å². The molecule has 0 aliphatic carbocycles. The standard InChI is InChI=1S/C21H36N4O11/c1-8(18(31)23-9(2)20(33)34-6)22-19(32)14(24-11(4)27)10(3)35-21-15(25-12(5)28)17(30)16(29)13(7-26)36-21/h8-10,13-17,21,26,29-30H,7H2,1-6H3,(H,22,32)(H,23,31)(H,24,27)(H,25,28)/t8-,9-,10?,13+,14-,15+,16-,17+,21-/m0/s1. The summed E-state index contributed by atoms with van der Waals surface area (Å²) in [5.41, 5.74) is 0. The Bertz CT molecular complexity index is 811. The number of rotatable bonds is 11. The Hall–Kier alpha value is -2.85. The zero-order chi connectivity index (χ0) is 27.7. The summed E-state index contributed by atoms with van der Waals surface area (Å²) in [5.74, 6) is -3.38. The predicted octanol–water partition coefficient (Wildman–Crippen LogP) is -3.98. The highest BCUT2D eigenvalue weighted by Crippen LogP contribution is 2.24. The van der Waals surface area contributed by atoms with Crippen LogP contribution in [0.4, 0.5) is 0 Å². The topological polar surface area (TPSA) is 222 Å². The first-order valence-electron chi connectivity index (χ1n) is 11.2. The lowest BCUT2D eigenvalue weighted by Gasteiger charge is -2.43. The quantitative estimate of drug-likeness (QED) is 0.130. The van der Waals surface area contributed by atoms with Gasteiger partial charge in [-0.1, -0.05) is 0 Å². The molecule has 0 bridgehead atoms. The molecule has 15 heteroatoms. The molecule has 7 N–H and O–H groups in total. The van der Waals surface area contributed by atoms with Crippen LogP contribution in [0.5, 0.6) is 0 Å². The van der Waals surface area contributed by atoms with Crippen LogP contribution in [0, 0.1) is 0 Å². The van der Waals surface area contributed by atoms with Crippen LogP contribution in [0.2, 0.25) is 0 Å². The third-order valence-electron chi connectivity index (χ3n) is 5.38. The van der Waals surface area contributed by atoms with Crippen molar-refractivity contribution in [2.24, 2.45) is 0 Å². The molecule has 36 heavy (non-hydrogen) atoms. The van der Waals surface area contributed by atoms with E-state index >= 15 is 0 Å². The molecular formula is C21H36N4O11. The summed E-state index contributed by atoms with van der Waals surface area (Å²) in [6.45, 7) is 5.79. The van der Waals surface area contributed by atoms with Crippen molar-refractivity contribution in [3.8, 4) is 0 Å². The Morgan fingerprint density at radius 3 is 1.97 bits per heavy atom. The second-order valence-corrected chi connectivity index (χ2v) is 8.44. The number of amides is 4. The summed E-state index contributed by atoms with van der Waals surface area (Å²) in [4.78, 5) is 60.1. The molecule has 1 aliphatic rings. The summed E-state index contributed by atoms with van der Waals surface area (Å²) in [5, 5.41) is 39.6. The van der Waals surface area contributed by atoms with E-state index in [0.717, 1.165) is 14.0 Å². The highest BCUT2D eigenvalue weighted by atomic mass is 16.7. The second-order valence-electron chi connectivity index (χ2n) is 8.44. The van der Waals surface area contributed by atoms with Crippen LogP contribution in [0.1, 0.15) is 34.6 Å². The van der Waals surface area contributed by atoms with E-state index < -0.39 is 91.1 Å². The molecule has 1 heterocycles. The van der Waals surface area contributed by atoms with Gasteiger partial charge in [0.1, 0.15) is 42.5 Å². The Balaban J connectivity index is 3.01. The van der Waals surface area contributed by atoms with E-state index in [1.165, 1.54) is 27.7 Å². The van der Waals surface area contributed by atoms with Gasteiger partial charge in [-0.3, -0.25) is 19.2 Å². The highest BCUT2D eigenvalue weighted by Gasteiger charge is 2.46. The summed E-state index contributed by atoms with van der Waals surface area (Å²) in [7, 11) is 1.16. The van der Waals surface area contributed by atoms with Gasteiger partial charge in [-0.2, -0.15) is 0 Å². The van der Waals surface area contributed by atoms with Crippen molar-refractivity contribution >= 4 is 29.6 Å². The van der Waals surface area contributed by atoms with E-state index in [4.69, 9.17) is 9.47 Å². The minimum Gasteiger partial charge on any atom is -0.467 e. The number of hydrogen-bond acceptors (Lipinski definition) is 11. The first-order valence-corrected chi connectivity index (χ1v) is 11.2. The molecule has 0 aromatic carbocycles. The molecular weight excluding hydrogens is 484 g/mol. The van der Waals surface area contributed by atoms with Crippen molar-refractivity contribution in [1.82, 2.24) is 21.3 Å². The van der Waals surface area contributed by atoms with Gasteiger partial charge >= 0.3 is 5.97 Å². The van der Waals surface area contributed by atoms with Gasteiger partial charge in [0.05, 0.1) is 19.8 Å². The van der Waals surface area contributed by atoms with Crippen LogP contribution >= 0.6 is 0 Å². The van der Waals surface area contributed by atoms with E-state index in [1.807, 2.05) is 0 Å². The molecule has 1 unspecified atom stereocenters. The van der Waals surface area contributed by atoms with Crippen LogP contribution in [-0.4, -0.2) is 114 Å². The number of esters is 1. The van der Waals surface area contributed by atoms with Gasteiger partial charge in [-0.15, -0.1) is 0 Å². The maximum atomic E-state index is 12.9. The molecule has 4 amide bonds. The zero-order valence-corrected chi connectivity index (χ0v) is 21.0. The van der Waals surface area contributed by atoms with Crippen molar-refractivity contribution < 1.29 is 53.5 Å². The molecule has 0 spiro atoms. The maximum absolute atomic E-state index is 12.9. The van der Waals surface area contributed by atoms with E-state index in [9.17, 15) is 39.3 Å². The monoisotopic (exact) mass is 520 g/mol. The SMILES string of the molecule is COC(=O)[C@H](C)NC(=O)[C@H](C)NC(=O)[C@@H](NC(C)=O)C(C)O[C@H]1O[C@H](CO)[C@H](O)[C@H](O)[C@H]1NC(C)=O. The summed E-state index contributed by atoms with van der Waals surface area (Å²) in [6.07, 6.45) is -6.95. The molecule has 1 saturated heterocycles. The van der Waals surface area contributed by atoms with E-state index in [1.54, 1.807) is 0 Å². The van der Waals surface area contributed by atoms with Crippen LogP contribution in [0.3, 0.4) is 0 Å².